The molecule has 1 unspecified atom stereocenters. The van der Waals surface area contributed by atoms with Crippen LogP contribution in [0.25, 0.3) is 0 Å². The number of nitrogens with zero attached hydrogens (tertiary/aromatic N) is 2. The van der Waals surface area contributed by atoms with Gasteiger partial charge in [0.2, 0.25) is 0 Å². The lowest BCUT2D eigenvalue weighted by atomic mass is 10.1. The smallest absolute Gasteiger partial charge is 0.0622 e. The van der Waals surface area contributed by atoms with E-state index in [0.29, 0.717) is 12.5 Å². The van der Waals surface area contributed by atoms with E-state index in [4.69, 9.17) is 5.26 Å². The largest absolute Gasteiger partial charge is 0.314 e. The van der Waals surface area contributed by atoms with Crippen molar-refractivity contribution in [1.82, 2.24) is 10.2 Å². The van der Waals surface area contributed by atoms with Crippen molar-refractivity contribution in [2.75, 3.05) is 26.2 Å². The summed E-state index contributed by atoms with van der Waals surface area (Å²) in [7, 11) is 0. The van der Waals surface area contributed by atoms with E-state index in [-0.39, 0.29) is 0 Å². The topological polar surface area (TPSA) is 39.1 Å². The first-order chi connectivity index (χ1) is 6.38. The van der Waals surface area contributed by atoms with Gasteiger partial charge in [0.1, 0.15) is 0 Å². The zero-order valence-electron chi connectivity index (χ0n) is 8.13. The number of hydrogen-bond acceptors (Lipinski definition) is 3. The van der Waals surface area contributed by atoms with Crippen LogP contribution >= 0.6 is 0 Å². The minimum atomic E-state index is 0.551. The second kappa shape index (κ2) is 5.95. The van der Waals surface area contributed by atoms with Crippen LogP contribution in [0.2, 0.25) is 0 Å². The molecule has 0 aromatic heterocycles. The van der Waals surface area contributed by atoms with Gasteiger partial charge in [-0.3, -0.25) is 4.90 Å². The highest BCUT2D eigenvalue weighted by atomic mass is 15.2. The van der Waals surface area contributed by atoms with E-state index in [1.54, 1.807) is 0 Å². The quantitative estimate of drug-likeness (QED) is 0.695. The fourth-order valence-electron chi connectivity index (χ4n) is 1.82. The maximum absolute atomic E-state index is 8.51. The normalized spacial score (nSPS) is 24.2. The molecule has 73 valence electrons. The minimum absolute atomic E-state index is 0.551. The van der Waals surface area contributed by atoms with Gasteiger partial charge >= 0.3 is 0 Å². The van der Waals surface area contributed by atoms with Gasteiger partial charge in [-0.25, -0.2) is 0 Å². The Morgan fingerprint density at radius 2 is 2.46 bits per heavy atom. The first kappa shape index (κ1) is 10.5. The lowest BCUT2D eigenvalue weighted by Gasteiger charge is -2.35. The number of rotatable bonds is 4. The monoisotopic (exact) mass is 180 g/mol. The standard InChI is InChI=1S/C10H18N3/c1-2-7-13-8-6-12-9-10(13)4-3-5-11/h10,12H,1-4,6-9H2. The minimum Gasteiger partial charge on any atom is -0.314 e. The molecule has 1 atom stereocenters. The number of nitrogens with one attached hydrogen (secondary N) is 1. The summed E-state index contributed by atoms with van der Waals surface area (Å²) in [4.78, 5) is 2.45. The molecule has 3 nitrogen and oxygen atoms in total. The molecule has 1 saturated heterocycles. The molecule has 0 amide bonds. The molecule has 1 aliphatic heterocycles. The van der Waals surface area contributed by atoms with E-state index in [1.165, 1.54) is 0 Å². The highest BCUT2D eigenvalue weighted by molar-refractivity contribution is 4.83. The van der Waals surface area contributed by atoms with Gasteiger partial charge < -0.3 is 5.32 Å². The third kappa shape index (κ3) is 3.33. The van der Waals surface area contributed by atoms with Gasteiger partial charge in [0.25, 0.3) is 0 Å². The van der Waals surface area contributed by atoms with Gasteiger partial charge in [0.15, 0.2) is 0 Å². The Morgan fingerprint density at radius 3 is 3.15 bits per heavy atom. The third-order valence-corrected chi connectivity index (χ3v) is 2.51. The molecular formula is C10H18N3. The zero-order chi connectivity index (χ0) is 9.52. The van der Waals surface area contributed by atoms with E-state index >= 15 is 0 Å². The Bertz CT molecular complexity index is 171. The van der Waals surface area contributed by atoms with Crippen LogP contribution in [0.15, 0.2) is 0 Å². The second-order valence-electron chi connectivity index (χ2n) is 3.44. The number of hydrogen-bond donors (Lipinski definition) is 1. The van der Waals surface area contributed by atoms with Gasteiger partial charge in [-0.05, 0) is 19.4 Å². The van der Waals surface area contributed by atoms with Crippen LogP contribution < -0.4 is 5.32 Å². The molecule has 0 aliphatic carbocycles. The third-order valence-electron chi connectivity index (χ3n) is 2.51. The van der Waals surface area contributed by atoms with E-state index in [2.05, 4.69) is 23.2 Å². The van der Waals surface area contributed by atoms with E-state index in [9.17, 15) is 0 Å². The lowest BCUT2D eigenvalue weighted by Crippen LogP contribution is -2.51. The maximum atomic E-state index is 8.51. The van der Waals surface area contributed by atoms with E-state index in [0.717, 1.165) is 39.0 Å². The van der Waals surface area contributed by atoms with Gasteiger partial charge in [-0.2, -0.15) is 5.26 Å². The van der Waals surface area contributed by atoms with Gasteiger partial charge in [-0.15, -0.1) is 0 Å². The molecule has 13 heavy (non-hydrogen) atoms. The van der Waals surface area contributed by atoms with Crippen molar-refractivity contribution in [3.05, 3.63) is 6.92 Å². The Morgan fingerprint density at radius 1 is 1.62 bits per heavy atom. The van der Waals surface area contributed by atoms with Gasteiger partial charge in [0.05, 0.1) is 6.07 Å². The van der Waals surface area contributed by atoms with Crippen molar-refractivity contribution in [3.63, 3.8) is 0 Å². The molecule has 0 saturated carbocycles. The van der Waals surface area contributed by atoms with Crippen LogP contribution in [-0.4, -0.2) is 37.1 Å². The van der Waals surface area contributed by atoms with Crippen molar-refractivity contribution >= 4 is 0 Å². The molecule has 1 radical (unpaired) electrons. The van der Waals surface area contributed by atoms with Crippen LogP contribution in [0, 0.1) is 18.3 Å². The van der Waals surface area contributed by atoms with Crippen molar-refractivity contribution in [1.29, 1.82) is 5.26 Å². The molecule has 0 bridgehead atoms. The summed E-state index contributed by atoms with van der Waals surface area (Å²) in [5, 5.41) is 11.9. The molecule has 1 heterocycles. The molecule has 1 aliphatic rings. The Hall–Kier alpha value is -0.590. The predicted octanol–water partition coefficient (Wildman–Crippen LogP) is 0.788. The van der Waals surface area contributed by atoms with Crippen LogP contribution in [0.5, 0.6) is 0 Å². The number of nitriles is 1. The predicted molar refractivity (Wildman–Crippen MR) is 53.1 cm³/mol. The van der Waals surface area contributed by atoms with Crippen LogP contribution in [0.1, 0.15) is 19.3 Å². The Kier molecular flexibility index (Phi) is 4.81. The van der Waals surface area contributed by atoms with Crippen LogP contribution in [0.3, 0.4) is 0 Å². The second-order valence-corrected chi connectivity index (χ2v) is 3.44. The summed E-state index contributed by atoms with van der Waals surface area (Å²) < 4.78 is 0. The average Bonchev–Trinajstić information content (AvgIpc) is 2.17. The van der Waals surface area contributed by atoms with E-state index in [1.807, 2.05) is 0 Å². The van der Waals surface area contributed by atoms with Gasteiger partial charge in [0, 0.05) is 32.1 Å². The SMILES string of the molecule is [CH2]CCN1CCNCC1CCC#N. The molecule has 1 rings (SSSR count). The summed E-state index contributed by atoms with van der Waals surface area (Å²) in [6.07, 6.45) is 2.62. The summed E-state index contributed by atoms with van der Waals surface area (Å²) >= 11 is 0. The van der Waals surface area contributed by atoms with E-state index < -0.39 is 0 Å². The molecule has 1 N–H and O–H groups in total. The van der Waals surface area contributed by atoms with Crippen LogP contribution in [0.4, 0.5) is 0 Å². The van der Waals surface area contributed by atoms with Gasteiger partial charge in [-0.1, -0.05) is 6.92 Å². The number of piperazine rings is 1. The first-order valence-corrected chi connectivity index (χ1v) is 4.99. The van der Waals surface area contributed by atoms with Crippen LogP contribution in [-0.2, 0) is 0 Å². The summed E-state index contributed by atoms with van der Waals surface area (Å²) in [6.45, 7) is 8.14. The summed E-state index contributed by atoms with van der Waals surface area (Å²) in [5.74, 6) is 0. The Balaban J connectivity index is 2.33. The van der Waals surface area contributed by atoms with Crippen molar-refractivity contribution in [3.8, 4) is 6.07 Å². The van der Waals surface area contributed by atoms with Crippen molar-refractivity contribution < 1.29 is 0 Å². The highest BCUT2D eigenvalue weighted by Gasteiger charge is 2.20. The molecule has 0 aromatic rings. The first-order valence-electron chi connectivity index (χ1n) is 4.99. The van der Waals surface area contributed by atoms with Crippen molar-refractivity contribution in [2.45, 2.75) is 25.3 Å². The summed E-state index contributed by atoms with van der Waals surface area (Å²) in [6, 6.07) is 2.76. The molecule has 1 fully saturated rings. The highest BCUT2D eigenvalue weighted by Crippen LogP contribution is 2.09. The molecule has 0 spiro atoms. The fraction of sp³-hybridized carbons (Fsp3) is 0.800. The fourth-order valence-corrected chi connectivity index (χ4v) is 1.82. The molecule has 3 heteroatoms. The maximum Gasteiger partial charge on any atom is 0.0622 e. The zero-order valence-corrected chi connectivity index (χ0v) is 8.13. The summed E-state index contributed by atoms with van der Waals surface area (Å²) in [5.41, 5.74) is 0. The molecule has 0 aromatic carbocycles. The lowest BCUT2D eigenvalue weighted by molar-refractivity contribution is 0.157. The Labute approximate surface area is 80.7 Å². The molecular weight excluding hydrogens is 162 g/mol. The average molecular weight is 180 g/mol. The van der Waals surface area contributed by atoms with Crippen molar-refractivity contribution in [2.24, 2.45) is 0 Å².